The first-order chi connectivity index (χ1) is 12.3. The monoisotopic (exact) mass is 346 g/mol. The minimum absolute atomic E-state index is 0.291. The lowest BCUT2D eigenvalue weighted by molar-refractivity contribution is -0.127. The van der Waals surface area contributed by atoms with Crippen LogP contribution in [0.1, 0.15) is 32.6 Å². The molecule has 0 saturated carbocycles. The second kappa shape index (κ2) is 11.3. The van der Waals surface area contributed by atoms with E-state index in [4.69, 9.17) is 4.74 Å². The maximum atomic E-state index is 11.6. The summed E-state index contributed by atoms with van der Waals surface area (Å²) in [6.45, 7) is 6.81. The van der Waals surface area contributed by atoms with E-state index in [0.29, 0.717) is 25.5 Å². The Balaban J connectivity index is 1.59. The van der Waals surface area contributed by atoms with Crippen LogP contribution in [0.5, 0.6) is 5.75 Å². The first kappa shape index (κ1) is 19.1. The van der Waals surface area contributed by atoms with Crippen molar-refractivity contribution in [1.82, 2.24) is 15.5 Å². The second-order valence-corrected chi connectivity index (χ2v) is 6.04. The molecular formula is C19H30N4O2. The van der Waals surface area contributed by atoms with Gasteiger partial charge in [0.05, 0.1) is 6.61 Å². The fourth-order valence-electron chi connectivity index (χ4n) is 2.72. The van der Waals surface area contributed by atoms with Gasteiger partial charge in [0.2, 0.25) is 5.91 Å². The van der Waals surface area contributed by atoms with Gasteiger partial charge in [0.15, 0.2) is 5.96 Å². The van der Waals surface area contributed by atoms with Crippen molar-refractivity contribution in [2.45, 2.75) is 32.6 Å². The van der Waals surface area contributed by atoms with Gasteiger partial charge in [0, 0.05) is 45.6 Å². The fraction of sp³-hybridized carbons (Fsp3) is 0.579. The van der Waals surface area contributed by atoms with E-state index in [1.807, 2.05) is 35.2 Å². The summed E-state index contributed by atoms with van der Waals surface area (Å²) < 4.78 is 5.67. The van der Waals surface area contributed by atoms with Crippen LogP contribution in [-0.4, -0.2) is 56.1 Å². The fourth-order valence-corrected chi connectivity index (χ4v) is 2.72. The van der Waals surface area contributed by atoms with Gasteiger partial charge in [-0.05, 0) is 31.9 Å². The van der Waals surface area contributed by atoms with Gasteiger partial charge in [-0.2, -0.15) is 0 Å². The number of rotatable bonds is 10. The summed E-state index contributed by atoms with van der Waals surface area (Å²) in [6, 6.07) is 9.83. The van der Waals surface area contributed by atoms with E-state index in [0.717, 1.165) is 57.2 Å². The molecule has 1 saturated heterocycles. The van der Waals surface area contributed by atoms with Crippen molar-refractivity contribution in [2.75, 3.05) is 39.3 Å². The van der Waals surface area contributed by atoms with Crippen LogP contribution in [0.15, 0.2) is 35.3 Å². The topological polar surface area (TPSA) is 66.0 Å². The summed E-state index contributed by atoms with van der Waals surface area (Å²) in [7, 11) is 0. The molecule has 6 nitrogen and oxygen atoms in total. The van der Waals surface area contributed by atoms with Gasteiger partial charge < -0.3 is 20.3 Å². The van der Waals surface area contributed by atoms with E-state index in [1.165, 1.54) is 0 Å². The summed E-state index contributed by atoms with van der Waals surface area (Å²) in [5, 5.41) is 6.57. The molecule has 0 aromatic heterocycles. The van der Waals surface area contributed by atoms with Gasteiger partial charge in [-0.1, -0.05) is 18.2 Å². The molecular weight excluding hydrogens is 316 g/mol. The number of aliphatic imine (C=N–C) groups is 1. The van der Waals surface area contributed by atoms with Crippen molar-refractivity contribution in [3.8, 4) is 5.75 Å². The molecule has 0 spiro atoms. The smallest absolute Gasteiger partial charge is 0.222 e. The summed E-state index contributed by atoms with van der Waals surface area (Å²) in [6.07, 6.45) is 3.52. The van der Waals surface area contributed by atoms with Gasteiger partial charge in [-0.15, -0.1) is 0 Å². The van der Waals surface area contributed by atoms with Gasteiger partial charge in [0.1, 0.15) is 5.75 Å². The van der Waals surface area contributed by atoms with E-state index in [2.05, 4.69) is 22.5 Å². The quantitative estimate of drug-likeness (QED) is 0.386. The molecule has 6 heteroatoms. The highest BCUT2D eigenvalue weighted by Crippen LogP contribution is 2.09. The van der Waals surface area contributed by atoms with E-state index in [9.17, 15) is 4.79 Å². The molecule has 0 bridgehead atoms. The number of amides is 1. The molecule has 2 rings (SSSR count). The maximum absolute atomic E-state index is 11.6. The Morgan fingerprint density at radius 1 is 1.24 bits per heavy atom. The summed E-state index contributed by atoms with van der Waals surface area (Å²) in [4.78, 5) is 18.1. The van der Waals surface area contributed by atoms with Crippen LogP contribution in [-0.2, 0) is 4.79 Å². The highest BCUT2D eigenvalue weighted by molar-refractivity contribution is 5.79. The molecule has 1 aliphatic rings. The Bertz CT molecular complexity index is 533. The third-order valence-electron chi connectivity index (χ3n) is 4.00. The first-order valence-corrected chi connectivity index (χ1v) is 9.27. The van der Waals surface area contributed by atoms with Crippen molar-refractivity contribution < 1.29 is 9.53 Å². The SMILES string of the molecule is CCNC(=NCCCOc1ccccc1)NCCCN1CCCC1=O. The minimum Gasteiger partial charge on any atom is -0.494 e. The van der Waals surface area contributed by atoms with Crippen molar-refractivity contribution in [3.63, 3.8) is 0 Å². The number of carbonyl (C=O) groups is 1. The van der Waals surface area contributed by atoms with Crippen LogP contribution in [0.2, 0.25) is 0 Å². The molecule has 0 aliphatic carbocycles. The Labute approximate surface area is 150 Å². The largest absolute Gasteiger partial charge is 0.494 e. The van der Waals surface area contributed by atoms with Crippen LogP contribution in [0.3, 0.4) is 0 Å². The van der Waals surface area contributed by atoms with Crippen LogP contribution in [0.25, 0.3) is 0 Å². The van der Waals surface area contributed by atoms with E-state index in [-0.39, 0.29) is 0 Å². The third-order valence-corrected chi connectivity index (χ3v) is 4.00. The number of carbonyl (C=O) groups excluding carboxylic acids is 1. The lowest BCUT2D eigenvalue weighted by atomic mass is 10.3. The molecule has 25 heavy (non-hydrogen) atoms. The van der Waals surface area contributed by atoms with Gasteiger partial charge >= 0.3 is 0 Å². The summed E-state index contributed by atoms with van der Waals surface area (Å²) >= 11 is 0. The van der Waals surface area contributed by atoms with E-state index >= 15 is 0 Å². The van der Waals surface area contributed by atoms with E-state index < -0.39 is 0 Å². The predicted octanol–water partition coefficient (Wildman–Crippen LogP) is 2.02. The molecule has 1 amide bonds. The Hall–Kier alpha value is -2.24. The van der Waals surface area contributed by atoms with Gasteiger partial charge in [-0.25, -0.2) is 0 Å². The lowest BCUT2D eigenvalue weighted by Crippen LogP contribution is -2.39. The number of hydrogen-bond acceptors (Lipinski definition) is 3. The predicted molar refractivity (Wildman–Crippen MR) is 101 cm³/mol. The highest BCUT2D eigenvalue weighted by Gasteiger charge is 2.18. The number of likely N-dealkylation sites (tertiary alicyclic amines) is 1. The zero-order valence-corrected chi connectivity index (χ0v) is 15.2. The normalized spacial score (nSPS) is 14.7. The van der Waals surface area contributed by atoms with Crippen LogP contribution in [0, 0.1) is 0 Å². The number of para-hydroxylation sites is 1. The average Bonchev–Trinajstić information content (AvgIpc) is 3.04. The van der Waals surface area contributed by atoms with Crippen molar-refractivity contribution >= 4 is 11.9 Å². The number of hydrogen-bond donors (Lipinski definition) is 2. The average molecular weight is 346 g/mol. The lowest BCUT2D eigenvalue weighted by Gasteiger charge is -2.16. The minimum atomic E-state index is 0.291. The number of guanidine groups is 1. The van der Waals surface area contributed by atoms with Crippen LogP contribution < -0.4 is 15.4 Å². The van der Waals surface area contributed by atoms with Gasteiger partial charge in [0.25, 0.3) is 0 Å². The molecule has 1 heterocycles. The number of nitrogens with zero attached hydrogens (tertiary/aromatic N) is 2. The van der Waals surface area contributed by atoms with E-state index in [1.54, 1.807) is 0 Å². The molecule has 2 N–H and O–H groups in total. The molecule has 1 aliphatic heterocycles. The molecule has 0 radical (unpaired) electrons. The second-order valence-electron chi connectivity index (χ2n) is 6.04. The standard InChI is InChI=1S/C19H30N4O2/c1-2-20-19(21-12-7-15-23-14-6-11-18(23)24)22-13-8-16-25-17-9-4-3-5-10-17/h3-5,9-10H,2,6-8,11-16H2,1H3,(H2,20,21,22). The molecule has 0 atom stereocenters. The Kier molecular flexibility index (Phi) is 8.66. The van der Waals surface area contributed by atoms with Crippen molar-refractivity contribution in [2.24, 2.45) is 4.99 Å². The number of ether oxygens (including phenoxy) is 1. The zero-order valence-electron chi connectivity index (χ0n) is 15.2. The van der Waals surface area contributed by atoms with Crippen LogP contribution in [0.4, 0.5) is 0 Å². The highest BCUT2D eigenvalue weighted by atomic mass is 16.5. The number of nitrogens with one attached hydrogen (secondary N) is 2. The Morgan fingerprint density at radius 3 is 2.80 bits per heavy atom. The molecule has 0 unspecified atom stereocenters. The van der Waals surface area contributed by atoms with Gasteiger partial charge in [-0.3, -0.25) is 9.79 Å². The molecule has 138 valence electrons. The molecule has 1 fully saturated rings. The Morgan fingerprint density at radius 2 is 2.08 bits per heavy atom. The first-order valence-electron chi connectivity index (χ1n) is 9.27. The number of benzene rings is 1. The maximum Gasteiger partial charge on any atom is 0.222 e. The van der Waals surface area contributed by atoms with Crippen molar-refractivity contribution in [3.05, 3.63) is 30.3 Å². The van der Waals surface area contributed by atoms with Crippen LogP contribution >= 0.6 is 0 Å². The zero-order chi connectivity index (χ0) is 17.7. The summed E-state index contributed by atoms with van der Waals surface area (Å²) in [5.41, 5.74) is 0. The third kappa shape index (κ3) is 7.45. The molecule has 1 aromatic carbocycles. The molecule has 1 aromatic rings. The summed E-state index contributed by atoms with van der Waals surface area (Å²) in [5.74, 6) is 2.02. The van der Waals surface area contributed by atoms with Crippen molar-refractivity contribution in [1.29, 1.82) is 0 Å².